The average Bonchev–Trinajstić information content (AvgIpc) is 2.69. The van der Waals surface area contributed by atoms with E-state index in [0.717, 1.165) is 25.3 Å². The summed E-state index contributed by atoms with van der Waals surface area (Å²) >= 11 is 0. The molecule has 0 bridgehead atoms. The van der Waals surface area contributed by atoms with Gasteiger partial charge in [-0.3, -0.25) is 4.79 Å². The number of para-hydroxylation sites is 2. The third-order valence-corrected chi connectivity index (χ3v) is 3.02. The number of hydrogen-bond donors (Lipinski definition) is 0. The maximum absolute atomic E-state index is 11.6. The molecule has 1 aromatic rings. The first kappa shape index (κ1) is 12.7. The molecule has 0 aliphatic carbocycles. The Kier molecular flexibility index (Phi) is 4.07. The van der Waals surface area contributed by atoms with Crippen molar-refractivity contribution < 1.29 is 9.53 Å². The third kappa shape index (κ3) is 2.58. The lowest BCUT2D eigenvalue weighted by Gasteiger charge is -2.20. The van der Waals surface area contributed by atoms with Crippen molar-refractivity contribution in [2.24, 2.45) is 0 Å². The van der Waals surface area contributed by atoms with Gasteiger partial charge in [0.1, 0.15) is 6.54 Å². The Balaban J connectivity index is 2.12. The minimum absolute atomic E-state index is 0.161. The Morgan fingerprint density at radius 1 is 1.22 bits per heavy atom. The van der Waals surface area contributed by atoms with Crippen LogP contribution in [0.5, 0.6) is 0 Å². The summed E-state index contributed by atoms with van der Waals surface area (Å²) in [5, 5.41) is 0. The summed E-state index contributed by atoms with van der Waals surface area (Å²) in [5.41, 5.74) is 2.34. The number of nitrogens with zero attached hydrogens (tertiary/aromatic N) is 2. The van der Waals surface area contributed by atoms with Gasteiger partial charge in [-0.25, -0.2) is 0 Å². The van der Waals surface area contributed by atoms with Gasteiger partial charge in [0, 0.05) is 6.54 Å². The summed E-state index contributed by atoms with van der Waals surface area (Å²) in [6.45, 7) is 6.54. The average molecular weight is 248 g/mol. The Hall–Kier alpha value is -1.71. The first-order chi connectivity index (χ1) is 8.76. The number of rotatable bonds is 5. The number of fused-ring (bicyclic) bond motifs is 1. The van der Waals surface area contributed by atoms with Crippen molar-refractivity contribution in [3.05, 3.63) is 24.3 Å². The minimum Gasteiger partial charge on any atom is -0.465 e. The van der Waals surface area contributed by atoms with Crippen molar-refractivity contribution in [2.75, 3.05) is 36.2 Å². The summed E-state index contributed by atoms with van der Waals surface area (Å²) < 4.78 is 5.01. The maximum atomic E-state index is 11.6. The topological polar surface area (TPSA) is 32.8 Å². The van der Waals surface area contributed by atoms with E-state index in [4.69, 9.17) is 4.74 Å². The van der Waals surface area contributed by atoms with Gasteiger partial charge in [0.05, 0.1) is 24.7 Å². The molecule has 4 heteroatoms. The van der Waals surface area contributed by atoms with Crippen molar-refractivity contribution in [3.8, 4) is 0 Å². The molecular weight excluding hydrogens is 228 g/mol. The van der Waals surface area contributed by atoms with Gasteiger partial charge < -0.3 is 14.5 Å². The van der Waals surface area contributed by atoms with E-state index in [0.29, 0.717) is 13.2 Å². The van der Waals surface area contributed by atoms with E-state index >= 15 is 0 Å². The van der Waals surface area contributed by atoms with Crippen LogP contribution in [0.15, 0.2) is 24.3 Å². The lowest BCUT2D eigenvalue weighted by Crippen LogP contribution is -2.35. The van der Waals surface area contributed by atoms with Crippen molar-refractivity contribution in [1.82, 2.24) is 0 Å². The van der Waals surface area contributed by atoms with Crippen molar-refractivity contribution in [3.63, 3.8) is 0 Å². The smallest absolute Gasteiger partial charge is 0.325 e. The van der Waals surface area contributed by atoms with E-state index < -0.39 is 0 Å². The molecule has 0 aromatic heterocycles. The second-order valence-electron chi connectivity index (χ2n) is 4.40. The van der Waals surface area contributed by atoms with Gasteiger partial charge in [-0.05, 0) is 25.5 Å². The van der Waals surface area contributed by atoms with E-state index in [2.05, 4.69) is 28.9 Å². The molecule has 0 radical (unpaired) electrons. The first-order valence-electron chi connectivity index (χ1n) is 6.50. The highest BCUT2D eigenvalue weighted by molar-refractivity contribution is 5.82. The normalized spacial score (nSPS) is 13.7. The molecule has 0 amide bonds. The van der Waals surface area contributed by atoms with Gasteiger partial charge in [0.2, 0.25) is 0 Å². The minimum atomic E-state index is -0.161. The van der Waals surface area contributed by atoms with Crippen LogP contribution in [0.3, 0.4) is 0 Å². The Morgan fingerprint density at radius 3 is 2.50 bits per heavy atom. The fourth-order valence-electron chi connectivity index (χ4n) is 2.32. The molecule has 0 atom stereocenters. The summed E-state index contributed by atoms with van der Waals surface area (Å²) in [5.74, 6) is -0.161. The van der Waals surface area contributed by atoms with Gasteiger partial charge in [0.25, 0.3) is 0 Å². The van der Waals surface area contributed by atoms with Crippen LogP contribution in [0.25, 0.3) is 0 Å². The van der Waals surface area contributed by atoms with Gasteiger partial charge in [-0.15, -0.1) is 0 Å². The molecule has 1 aliphatic heterocycles. The van der Waals surface area contributed by atoms with Crippen molar-refractivity contribution in [1.29, 1.82) is 0 Å². The highest BCUT2D eigenvalue weighted by Crippen LogP contribution is 2.35. The zero-order valence-electron chi connectivity index (χ0n) is 11.1. The number of carbonyl (C=O) groups is 1. The molecule has 0 fully saturated rings. The number of esters is 1. The quantitative estimate of drug-likeness (QED) is 0.748. The van der Waals surface area contributed by atoms with E-state index in [1.54, 1.807) is 0 Å². The van der Waals surface area contributed by atoms with Crippen molar-refractivity contribution >= 4 is 17.3 Å². The van der Waals surface area contributed by atoms with E-state index in [1.165, 1.54) is 5.69 Å². The van der Waals surface area contributed by atoms with Crippen LogP contribution in [-0.2, 0) is 9.53 Å². The van der Waals surface area contributed by atoms with Crippen LogP contribution in [-0.4, -0.2) is 32.3 Å². The van der Waals surface area contributed by atoms with Gasteiger partial charge in [-0.1, -0.05) is 19.1 Å². The Labute approximate surface area is 108 Å². The summed E-state index contributed by atoms with van der Waals surface area (Å²) in [7, 11) is 0. The van der Waals surface area contributed by atoms with Crippen molar-refractivity contribution in [2.45, 2.75) is 20.3 Å². The molecule has 0 N–H and O–H groups in total. The van der Waals surface area contributed by atoms with Crippen LogP contribution in [0.4, 0.5) is 11.4 Å². The highest BCUT2D eigenvalue weighted by Gasteiger charge is 2.26. The maximum Gasteiger partial charge on any atom is 0.325 e. The van der Waals surface area contributed by atoms with E-state index in [9.17, 15) is 4.79 Å². The highest BCUT2D eigenvalue weighted by atomic mass is 16.5. The number of ether oxygens (including phenoxy) is 1. The lowest BCUT2D eigenvalue weighted by atomic mass is 10.2. The number of benzene rings is 1. The molecule has 0 saturated carbocycles. The molecule has 18 heavy (non-hydrogen) atoms. The molecule has 0 spiro atoms. The van der Waals surface area contributed by atoms with Crippen LogP contribution in [0.2, 0.25) is 0 Å². The van der Waals surface area contributed by atoms with Gasteiger partial charge in [0.15, 0.2) is 0 Å². The van der Waals surface area contributed by atoms with Crippen LogP contribution >= 0.6 is 0 Å². The molecule has 0 saturated heterocycles. The Bertz CT molecular complexity index is 420. The van der Waals surface area contributed by atoms with Gasteiger partial charge in [-0.2, -0.15) is 0 Å². The second-order valence-corrected chi connectivity index (χ2v) is 4.40. The largest absolute Gasteiger partial charge is 0.465 e. The number of carbonyl (C=O) groups excluding carboxylic acids is 1. The molecular formula is C14H20N2O2. The SMILES string of the molecule is CCCN1CN(CC(=O)OCC)c2ccccc21. The molecule has 1 aromatic carbocycles. The van der Waals surface area contributed by atoms with Crippen LogP contribution < -0.4 is 9.80 Å². The monoisotopic (exact) mass is 248 g/mol. The standard InChI is InChI=1S/C14H20N2O2/c1-3-9-15-11-16(10-14(17)18-4-2)13-8-6-5-7-12(13)15/h5-8H,3-4,9-11H2,1-2H3. The zero-order chi connectivity index (χ0) is 13.0. The molecule has 1 aliphatic rings. The van der Waals surface area contributed by atoms with E-state index in [-0.39, 0.29) is 5.97 Å². The first-order valence-corrected chi connectivity index (χ1v) is 6.50. The zero-order valence-corrected chi connectivity index (χ0v) is 11.1. The molecule has 4 nitrogen and oxygen atoms in total. The number of anilines is 2. The fraction of sp³-hybridized carbons (Fsp3) is 0.500. The molecule has 98 valence electrons. The Morgan fingerprint density at radius 2 is 1.89 bits per heavy atom. The van der Waals surface area contributed by atoms with Crippen LogP contribution in [0, 0.1) is 0 Å². The van der Waals surface area contributed by atoms with Crippen LogP contribution in [0.1, 0.15) is 20.3 Å². The summed E-state index contributed by atoms with van der Waals surface area (Å²) in [6.07, 6.45) is 1.10. The molecule has 2 rings (SSSR count). The summed E-state index contributed by atoms with van der Waals surface area (Å²) in [6, 6.07) is 8.21. The second kappa shape index (κ2) is 5.76. The fourth-order valence-corrected chi connectivity index (χ4v) is 2.32. The number of hydrogen-bond acceptors (Lipinski definition) is 4. The summed E-state index contributed by atoms with van der Waals surface area (Å²) in [4.78, 5) is 16.0. The van der Waals surface area contributed by atoms with E-state index in [1.807, 2.05) is 19.1 Å². The molecule has 1 heterocycles. The van der Waals surface area contributed by atoms with Gasteiger partial charge >= 0.3 is 5.97 Å². The predicted molar refractivity (Wildman–Crippen MR) is 72.9 cm³/mol. The molecule has 0 unspecified atom stereocenters. The lowest BCUT2D eigenvalue weighted by molar-refractivity contribution is -0.141. The predicted octanol–water partition coefficient (Wildman–Crippen LogP) is 2.24. The third-order valence-electron chi connectivity index (χ3n) is 3.02.